The molecule has 2 aliphatic heterocycles. The van der Waals surface area contributed by atoms with E-state index in [1.807, 2.05) is 4.90 Å². The van der Waals surface area contributed by atoms with Gasteiger partial charge in [-0.3, -0.25) is 9.69 Å². The smallest absolute Gasteiger partial charge is 0.372 e. The zero-order valence-electron chi connectivity index (χ0n) is 14.5. The van der Waals surface area contributed by atoms with Crippen LogP contribution in [0.25, 0.3) is 0 Å². The Bertz CT molecular complexity index is 385. The number of hydrogen-bond donors (Lipinski definition) is 1. The monoisotopic (exact) mass is 387 g/mol. The third-order valence-corrected chi connectivity index (χ3v) is 4.68. The highest BCUT2D eigenvalue weighted by Crippen LogP contribution is 2.16. The summed E-state index contributed by atoms with van der Waals surface area (Å²) in [6.45, 7) is 4.75. The number of carbonyl (C=O) groups excluding carboxylic acids is 1. The molecule has 2 heterocycles. The second-order valence-electron chi connectivity index (χ2n) is 6.64. The van der Waals surface area contributed by atoms with Gasteiger partial charge in [-0.15, -0.1) is 12.4 Å². The lowest BCUT2D eigenvalue weighted by atomic mass is 10.0. The van der Waals surface area contributed by atoms with E-state index in [1.54, 1.807) is 0 Å². The van der Waals surface area contributed by atoms with Crippen molar-refractivity contribution >= 4 is 18.3 Å². The Morgan fingerprint density at radius 2 is 1.92 bits per heavy atom. The molecule has 148 valence electrons. The van der Waals surface area contributed by atoms with E-state index in [0.29, 0.717) is 38.4 Å². The predicted octanol–water partition coefficient (Wildman–Crippen LogP) is 1.91. The molecule has 2 rings (SSSR count). The van der Waals surface area contributed by atoms with Crippen LogP contribution in [0.3, 0.4) is 0 Å². The van der Waals surface area contributed by atoms with Gasteiger partial charge in [-0.25, -0.2) is 0 Å². The fourth-order valence-corrected chi connectivity index (χ4v) is 3.25. The van der Waals surface area contributed by atoms with Gasteiger partial charge in [0.1, 0.15) is 6.61 Å². The number of rotatable bonds is 8. The number of nitrogens with zero attached hydrogens (tertiary/aromatic N) is 2. The number of nitrogens with one attached hydrogen (secondary N) is 1. The Balaban J connectivity index is 0.00000312. The van der Waals surface area contributed by atoms with E-state index in [9.17, 15) is 18.0 Å². The van der Waals surface area contributed by atoms with Crippen LogP contribution in [-0.2, 0) is 9.53 Å². The van der Waals surface area contributed by atoms with Crippen LogP contribution in [0.2, 0.25) is 0 Å². The molecule has 2 saturated heterocycles. The average Bonchev–Trinajstić information content (AvgIpc) is 3.05. The number of halogens is 4. The first-order valence-electron chi connectivity index (χ1n) is 8.79. The Kier molecular flexibility index (Phi) is 10.1. The predicted molar refractivity (Wildman–Crippen MR) is 92.0 cm³/mol. The SMILES string of the molecule is Cl.O=C(CCC1CCNC1)N1CCN(CCCOCC(F)(F)F)CC1. The van der Waals surface area contributed by atoms with Gasteiger partial charge >= 0.3 is 6.18 Å². The third-order valence-electron chi connectivity index (χ3n) is 4.68. The second kappa shape index (κ2) is 11.2. The quantitative estimate of drug-likeness (QED) is 0.646. The second-order valence-corrected chi connectivity index (χ2v) is 6.64. The van der Waals surface area contributed by atoms with E-state index in [2.05, 4.69) is 15.0 Å². The largest absolute Gasteiger partial charge is 0.411 e. The Morgan fingerprint density at radius 3 is 2.52 bits per heavy atom. The zero-order valence-corrected chi connectivity index (χ0v) is 15.3. The fourth-order valence-electron chi connectivity index (χ4n) is 3.25. The molecule has 1 N–H and O–H groups in total. The molecule has 0 bridgehead atoms. The van der Waals surface area contributed by atoms with Gasteiger partial charge in [-0.2, -0.15) is 13.2 Å². The molecular formula is C16H29ClF3N3O2. The van der Waals surface area contributed by atoms with Crippen LogP contribution in [0.15, 0.2) is 0 Å². The van der Waals surface area contributed by atoms with Gasteiger partial charge in [-0.05, 0) is 38.3 Å². The lowest BCUT2D eigenvalue weighted by Gasteiger charge is -2.35. The highest BCUT2D eigenvalue weighted by molar-refractivity contribution is 5.85. The molecule has 1 amide bonds. The van der Waals surface area contributed by atoms with Crippen LogP contribution in [0.1, 0.15) is 25.7 Å². The molecule has 0 radical (unpaired) electrons. The van der Waals surface area contributed by atoms with Crippen LogP contribution >= 0.6 is 12.4 Å². The van der Waals surface area contributed by atoms with Gasteiger partial charge in [0.05, 0.1) is 0 Å². The van der Waals surface area contributed by atoms with Crippen LogP contribution in [-0.4, -0.2) is 80.9 Å². The minimum atomic E-state index is -4.25. The number of amides is 1. The van der Waals surface area contributed by atoms with E-state index in [4.69, 9.17) is 0 Å². The Hall–Kier alpha value is -0.570. The lowest BCUT2D eigenvalue weighted by Crippen LogP contribution is -2.49. The standard InChI is InChI=1S/C16H28F3N3O2.ClH/c17-16(18,19)13-24-11-1-6-21-7-9-22(10-8-21)15(23)3-2-14-4-5-20-12-14;/h14,20H,1-13H2;1H. The molecule has 1 atom stereocenters. The number of piperazine rings is 1. The fraction of sp³-hybridized carbons (Fsp3) is 0.938. The van der Waals surface area contributed by atoms with Crippen molar-refractivity contribution in [2.24, 2.45) is 5.92 Å². The van der Waals surface area contributed by atoms with Crippen molar-refractivity contribution in [3.8, 4) is 0 Å². The third kappa shape index (κ3) is 9.08. The van der Waals surface area contributed by atoms with Crippen molar-refractivity contribution in [2.75, 3.05) is 59.0 Å². The highest BCUT2D eigenvalue weighted by atomic mass is 35.5. The maximum Gasteiger partial charge on any atom is 0.411 e. The summed E-state index contributed by atoms with van der Waals surface area (Å²) in [7, 11) is 0. The molecule has 2 aliphatic rings. The van der Waals surface area contributed by atoms with Crippen molar-refractivity contribution in [1.82, 2.24) is 15.1 Å². The topological polar surface area (TPSA) is 44.8 Å². The van der Waals surface area contributed by atoms with Crippen LogP contribution in [0, 0.1) is 5.92 Å². The van der Waals surface area contributed by atoms with Gasteiger partial charge in [0, 0.05) is 45.8 Å². The molecular weight excluding hydrogens is 359 g/mol. The minimum Gasteiger partial charge on any atom is -0.372 e. The summed E-state index contributed by atoms with van der Waals surface area (Å²) < 4.78 is 40.4. The lowest BCUT2D eigenvalue weighted by molar-refractivity contribution is -0.174. The molecule has 1 unspecified atom stereocenters. The Morgan fingerprint density at radius 1 is 1.20 bits per heavy atom. The van der Waals surface area contributed by atoms with E-state index >= 15 is 0 Å². The van der Waals surface area contributed by atoms with Crippen LogP contribution in [0.4, 0.5) is 13.2 Å². The van der Waals surface area contributed by atoms with E-state index in [0.717, 1.165) is 39.0 Å². The van der Waals surface area contributed by atoms with Gasteiger partial charge in [-0.1, -0.05) is 0 Å². The van der Waals surface area contributed by atoms with Gasteiger partial charge in [0.25, 0.3) is 0 Å². The molecule has 0 aromatic carbocycles. The first-order valence-corrected chi connectivity index (χ1v) is 8.79. The van der Waals surface area contributed by atoms with Gasteiger partial charge in [0.15, 0.2) is 0 Å². The molecule has 0 aliphatic carbocycles. The number of alkyl halides is 3. The van der Waals surface area contributed by atoms with Crippen molar-refractivity contribution in [2.45, 2.75) is 31.9 Å². The van der Waals surface area contributed by atoms with Crippen molar-refractivity contribution < 1.29 is 22.7 Å². The maximum absolute atomic E-state index is 12.2. The molecule has 25 heavy (non-hydrogen) atoms. The molecule has 0 spiro atoms. The summed E-state index contributed by atoms with van der Waals surface area (Å²) in [6, 6.07) is 0. The normalized spacial score (nSPS) is 22.0. The summed E-state index contributed by atoms with van der Waals surface area (Å²) in [5.74, 6) is 0.863. The van der Waals surface area contributed by atoms with Gasteiger partial charge in [0.2, 0.25) is 5.91 Å². The minimum absolute atomic E-state index is 0. The van der Waals surface area contributed by atoms with Gasteiger partial charge < -0.3 is 15.0 Å². The van der Waals surface area contributed by atoms with E-state index in [-0.39, 0.29) is 24.9 Å². The van der Waals surface area contributed by atoms with Crippen molar-refractivity contribution in [3.63, 3.8) is 0 Å². The summed E-state index contributed by atoms with van der Waals surface area (Å²) >= 11 is 0. The number of hydrogen-bond acceptors (Lipinski definition) is 4. The van der Waals surface area contributed by atoms with Crippen LogP contribution in [0.5, 0.6) is 0 Å². The average molecular weight is 388 g/mol. The summed E-state index contributed by atoms with van der Waals surface area (Å²) in [5, 5.41) is 3.31. The molecule has 2 fully saturated rings. The number of ether oxygens (including phenoxy) is 1. The summed E-state index contributed by atoms with van der Waals surface area (Å²) in [6.07, 6.45) is -0.920. The van der Waals surface area contributed by atoms with Crippen LogP contribution < -0.4 is 5.32 Å². The molecule has 9 heteroatoms. The van der Waals surface area contributed by atoms with E-state index in [1.165, 1.54) is 0 Å². The maximum atomic E-state index is 12.2. The summed E-state index contributed by atoms with van der Waals surface area (Å²) in [4.78, 5) is 16.3. The molecule has 5 nitrogen and oxygen atoms in total. The zero-order chi connectivity index (χ0) is 17.4. The molecule has 0 aromatic rings. The first-order chi connectivity index (χ1) is 11.4. The first kappa shape index (κ1) is 22.5. The van der Waals surface area contributed by atoms with Crippen molar-refractivity contribution in [1.29, 1.82) is 0 Å². The highest BCUT2D eigenvalue weighted by Gasteiger charge is 2.27. The molecule has 0 saturated carbocycles. The number of carbonyl (C=O) groups is 1. The Labute approximate surface area is 153 Å². The molecule has 0 aromatic heterocycles. The van der Waals surface area contributed by atoms with Crippen molar-refractivity contribution in [3.05, 3.63) is 0 Å². The van der Waals surface area contributed by atoms with E-state index < -0.39 is 12.8 Å². The summed E-state index contributed by atoms with van der Waals surface area (Å²) in [5.41, 5.74) is 0.